The number of aromatic nitrogens is 2. The monoisotopic (exact) mass is 343 g/mol. The van der Waals surface area contributed by atoms with Crippen LogP contribution in [0.3, 0.4) is 0 Å². The fourth-order valence-corrected chi connectivity index (χ4v) is 2.97. The molecule has 26 heavy (non-hydrogen) atoms. The van der Waals surface area contributed by atoms with Crippen molar-refractivity contribution >= 4 is 22.4 Å². The number of nitrogens with zero attached hydrogens (tertiary/aromatic N) is 1. The van der Waals surface area contributed by atoms with Crippen LogP contribution in [0.2, 0.25) is 0 Å². The van der Waals surface area contributed by atoms with E-state index in [0.717, 1.165) is 16.3 Å². The van der Waals surface area contributed by atoms with E-state index in [1.165, 1.54) is 10.8 Å². The summed E-state index contributed by atoms with van der Waals surface area (Å²) in [7, 11) is 0. The van der Waals surface area contributed by atoms with Crippen molar-refractivity contribution in [2.75, 3.05) is 5.32 Å². The van der Waals surface area contributed by atoms with Crippen molar-refractivity contribution in [3.05, 3.63) is 101 Å². The zero-order chi connectivity index (χ0) is 17.9. The number of benzene rings is 3. The molecule has 0 aliphatic rings. The lowest BCUT2D eigenvalue weighted by molar-refractivity contribution is 0.101. The summed E-state index contributed by atoms with van der Waals surface area (Å²) < 4.78 is 1.44. The van der Waals surface area contributed by atoms with E-state index in [9.17, 15) is 9.59 Å². The maximum absolute atomic E-state index is 12.7. The average Bonchev–Trinajstić information content (AvgIpc) is 3.03. The highest BCUT2D eigenvalue weighted by Gasteiger charge is 2.15. The molecule has 1 amide bonds. The highest BCUT2D eigenvalue weighted by Crippen LogP contribution is 2.19. The molecule has 4 aromatic rings. The number of fused-ring (bicyclic) bond motifs is 1. The summed E-state index contributed by atoms with van der Waals surface area (Å²) in [6, 6.07) is 23.2. The first-order chi connectivity index (χ1) is 12.7. The molecular weight excluding hydrogens is 326 g/mol. The average molecular weight is 343 g/mol. The van der Waals surface area contributed by atoms with Gasteiger partial charge in [-0.25, -0.2) is 4.79 Å². The fraction of sp³-hybridized carbons (Fsp3) is 0.0476. The Hall–Kier alpha value is -3.60. The maximum Gasteiger partial charge on any atom is 0.326 e. The number of anilines is 1. The molecule has 1 aromatic heterocycles. The standard InChI is InChI=1S/C21H17N3O2/c25-20(23-18-11-10-16-8-4-5-9-17(16)12-18)19-13-22-21(26)24(19)14-15-6-2-1-3-7-15/h1-13H,14H2,(H,22,26)(H,23,25). The third-order valence-electron chi connectivity index (χ3n) is 4.29. The number of imidazole rings is 1. The lowest BCUT2D eigenvalue weighted by atomic mass is 10.1. The zero-order valence-electron chi connectivity index (χ0n) is 14.0. The van der Waals surface area contributed by atoms with Crippen LogP contribution in [0, 0.1) is 0 Å². The lowest BCUT2D eigenvalue weighted by Crippen LogP contribution is -2.24. The van der Waals surface area contributed by atoms with Gasteiger partial charge in [0, 0.05) is 11.9 Å². The molecule has 4 rings (SSSR count). The number of hydrogen-bond donors (Lipinski definition) is 2. The van der Waals surface area contributed by atoms with Gasteiger partial charge in [0.15, 0.2) is 0 Å². The quantitative estimate of drug-likeness (QED) is 0.594. The van der Waals surface area contributed by atoms with Crippen LogP contribution in [0.25, 0.3) is 10.8 Å². The molecule has 0 spiro atoms. The Kier molecular flexibility index (Phi) is 4.11. The van der Waals surface area contributed by atoms with Gasteiger partial charge in [-0.3, -0.25) is 9.36 Å². The molecule has 0 saturated heterocycles. The molecule has 5 nitrogen and oxygen atoms in total. The minimum Gasteiger partial charge on any atom is -0.321 e. The van der Waals surface area contributed by atoms with Crippen LogP contribution in [0.1, 0.15) is 16.1 Å². The van der Waals surface area contributed by atoms with Crippen molar-refractivity contribution < 1.29 is 4.79 Å². The topological polar surface area (TPSA) is 66.9 Å². The molecule has 0 saturated carbocycles. The van der Waals surface area contributed by atoms with Crippen molar-refractivity contribution in [2.24, 2.45) is 0 Å². The number of hydrogen-bond acceptors (Lipinski definition) is 2. The van der Waals surface area contributed by atoms with Crippen LogP contribution in [-0.4, -0.2) is 15.5 Å². The molecule has 0 aliphatic carbocycles. The van der Waals surface area contributed by atoms with E-state index in [2.05, 4.69) is 10.3 Å². The Morgan fingerprint density at radius 3 is 2.46 bits per heavy atom. The van der Waals surface area contributed by atoms with E-state index >= 15 is 0 Å². The maximum atomic E-state index is 12.7. The van der Waals surface area contributed by atoms with Gasteiger partial charge in [0.25, 0.3) is 5.91 Å². The third-order valence-corrected chi connectivity index (χ3v) is 4.29. The minimum atomic E-state index is -0.324. The number of nitrogens with one attached hydrogen (secondary N) is 2. The summed E-state index contributed by atoms with van der Waals surface area (Å²) in [4.78, 5) is 27.4. The van der Waals surface area contributed by atoms with E-state index in [-0.39, 0.29) is 11.6 Å². The summed E-state index contributed by atoms with van der Waals surface area (Å²) in [5.74, 6) is -0.324. The molecule has 3 aromatic carbocycles. The highest BCUT2D eigenvalue weighted by molar-refractivity contribution is 6.04. The lowest BCUT2D eigenvalue weighted by Gasteiger charge is -2.09. The number of H-pyrrole nitrogens is 1. The molecule has 128 valence electrons. The second kappa shape index (κ2) is 6.72. The Labute approximate surface area is 149 Å². The largest absolute Gasteiger partial charge is 0.326 e. The van der Waals surface area contributed by atoms with Gasteiger partial charge in [-0.15, -0.1) is 0 Å². The van der Waals surface area contributed by atoms with E-state index in [4.69, 9.17) is 0 Å². The number of rotatable bonds is 4. The van der Waals surface area contributed by atoms with Crippen LogP contribution in [0.5, 0.6) is 0 Å². The molecule has 2 N–H and O–H groups in total. The molecule has 0 bridgehead atoms. The molecule has 0 fully saturated rings. The molecule has 0 radical (unpaired) electrons. The summed E-state index contributed by atoms with van der Waals surface area (Å²) in [5, 5.41) is 5.02. The Morgan fingerprint density at radius 2 is 1.65 bits per heavy atom. The summed E-state index contributed by atoms with van der Waals surface area (Å²) >= 11 is 0. The Balaban J connectivity index is 1.61. The first-order valence-corrected chi connectivity index (χ1v) is 8.33. The van der Waals surface area contributed by atoms with Gasteiger partial charge in [0.05, 0.1) is 6.54 Å². The van der Waals surface area contributed by atoms with Crippen LogP contribution in [0.4, 0.5) is 5.69 Å². The van der Waals surface area contributed by atoms with E-state index in [1.54, 1.807) is 0 Å². The third kappa shape index (κ3) is 3.15. The van der Waals surface area contributed by atoms with Crippen molar-refractivity contribution in [3.8, 4) is 0 Å². The second-order valence-electron chi connectivity index (χ2n) is 6.07. The molecule has 1 heterocycles. The predicted molar refractivity (Wildman–Crippen MR) is 102 cm³/mol. The van der Waals surface area contributed by atoms with Gasteiger partial charge in [-0.05, 0) is 28.5 Å². The van der Waals surface area contributed by atoms with E-state index in [1.807, 2.05) is 72.8 Å². The highest BCUT2D eigenvalue weighted by atomic mass is 16.2. The van der Waals surface area contributed by atoms with Crippen molar-refractivity contribution in [1.82, 2.24) is 9.55 Å². The fourth-order valence-electron chi connectivity index (χ4n) is 2.97. The zero-order valence-corrected chi connectivity index (χ0v) is 14.0. The number of carbonyl (C=O) groups is 1. The van der Waals surface area contributed by atoms with Crippen molar-refractivity contribution in [3.63, 3.8) is 0 Å². The van der Waals surface area contributed by atoms with E-state index < -0.39 is 0 Å². The van der Waals surface area contributed by atoms with E-state index in [0.29, 0.717) is 17.9 Å². The number of carbonyl (C=O) groups excluding carboxylic acids is 1. The van der Waals surface area contributed by atoms with Gasteiger partial charge < -0.3 is 10.3 Å². The minimum absolute atomic E-state index is 0.298. The normalized spacial score (nSPS) is 10.8. The molecular formula is C21H17N3O2. The molecule has 0 aliphatic heterocycles. The summed E-state index contributed by atoms with van der Waals surface area (Å²) in [6.07, 6.45) is 1.45. The molecule has 5 heteroatoms. The molecule has 0 atom stereocenters. The Bertz CT molecular complexity index is 1130. The number of aromatic amines is 1. The SMILES string of the molecule is O=C(Nc1ccc2ccccc2c1)c1c[nH]c(=O)n1Cc1ccccc1. The summed E-state index contributed by atoms with van der Waals surface area (Å²) in [5.41, 5.74) is 1.63. The summed E-state index contributed by atoms with van der Waals surface area (Å²) in [6.45, 7) is 0.337. The van der Waals surface area contributed by atoms with Crippen LogP contribution in [0.15, 0.2) is 83.8 Å². The first kappa shape index (κ1) is 15.9. The van der Waals surface area contributed by atoms with Crippen LogP contribution < -0.4 is 11.0 Å². The molecule has 0 unspecified atom stereocenters. The smallest absolute Gasteiger partial charge is 0.321 e. The predicted octanol–water partition coefficient (Wildman–Crippen LogP) is 3.63. The first-order valence-electron chi connectivity index (χ1n) is 8.33. The van der Waals surface area contributed by atoms with Gasteiger partial charge >= 0.3 is 5.69 Å². The van der Waals surface area contributed by atoms with Crippen LogP contribution in [-0.2, 0) is 6.54 Å². The Morgan fingerprint density at radius 1 is 0.923 bits per heavy atom. The van der Waals surface area contributed by atoms with Gasteiger partial charge in [-0.1, -0.05) is 60.7 Å². The second-order valence-corrected chi connectivity index (χ2v) is 6.07. The van der Waals surface area contributed by atoms with Crippen molar-refractivity contribution in [2.45, 2.75) is 6.54 Å². The van der Waals surface area contributed by atoms with Gasteiger partial charge in [0.1, 0.15) is 5.69 Å². The number of amides is 1. The van der Waals surface area contributed by atoms with Gasteiger partial charge in [-0.2, -0.15) is 0 Å². The van der Waals surface area contributed by atoms with Crippen molar-refractivity contribution in [1.29, 1.82) is 0 Å². The van der Waals surface area contributed by atoms with Crippen LogP contribution >= 0.6 is 0 Å². The van der Waals surface area contributed by atoms with Gasteiger partial charge in [0.2, 0.25) is 0 Å².